The maximum absolute atomic E-state index is 13.3. The molecule has 0 saturated heterocycles. The van der Waals surface area contributed by atoms with E-state index in [1.165, 1.54) is 36.5 Å². The van der Waals surface area contributed by atoms with Crippen molar-refractivity contribution in [3.63, 3.8) is 0 Å². The predicted octanol–water partition coefficient (Wildman–Crippen LogP) is 4.26. The number of benzene rings is 3. The van der Waals surface area contributed by atoms with Crippen molar-refractivity contribution in [1.29, 1.82) is 5.26 Å². The van der Waals surface area contributed by atoms with Crippen LogP contribution in [0.5, 0.6) is 5.75 Å². The molecule has 0 unspecified atom stereocenters. The van der Waals surface area contributed by atoms with Gasteiger partial charge in [-0.25, -0.2) is 13.8 Å². The number of anilines is 1. The third kappa shape index (κ3) is 7.31. The number of carbonyl (C=O) groups excluding carboxylic acids is 1. The Labute approximate surface area is 211 Å². The minimum Gasteiger partial charge on any atom is -0.479 e. The zero-order valence-corrected chi connectivity index (χ0v) is 20.3. The molecular formula is C25H21F3N4O4S. The molecule has 0 aliphatic carbocycles. The third-order valence-electron chi connectivity index (χ3n) is 4.94. The number of hydrogen-bond acceptors (Lipinski definition) is 6. The molecule has 0 aliphatic rings. The zero-order valence-electron chi connectivity index (χ0n) is 19.4. The summed E-state index contributed by atoms with van der Waals surface area (Å²) < 4.78 is 72.3. The monoisotopic (exact) mass is 530 g/mol. The summed E-state index contributed by atoms with van der Waals surface area (Å²) in [6.45, 7) is 0.812. The highest BCUT2D eigenvalue weighted by atomic mass is 32.2. The summed E-state index contributed by atoms with van der Waals surface area (Å²) in [6, 6.07) is 17.6. The van der Waals surface area contributed by atoms with E-state index in [2.05, 4.69) is 10.5 Å². The van der Waals surface area contributed by atoms with Crippen molar-refractivity contribution in [1.82, 2.24) is 5.43 Å². The van der Waals surface area contributed by atoms with E-state index >= 15 is 0 Å². The van der Waals surface area contributed by atoms with Gasteiger partial charge in [0, 0.05) is 0 Å². The van der Waals surface area contributed by atoms with Crippen LogP contribution >= 0.6 is 0 Å². The molecule has 3 aromatic carbocycles. The Bertz CT molecular complexity index is 1420. The summed E-state index contributed by atoms with van der Waals surface area (Å²) in [5, 5.41) is 12.3. The molecule has 1 amide bonds. The summed E-state index contributed by atoms with van der Waals surface area (Å²) in [4.78, 5) is 12.4. The van der Waals surface area contributed by atoms with E-state index < -0.39 is 34.2 Å². The fourth-order valence-corrected chi connectivity index (χ4v) is 4.51. The molecule has 0 bridgehead atoms. The van der Waals surface area contributed by atoms with Crippen LogP contribution in [0.4, 0.5) is 18.9 Å². The summed E-state index contributed by atoms with van der Waals surface area (Å²) in [6.07, 6.45) is -3.42. The number of halogens is 3. The third-order valence-corrected chi connectivity index (χ3v) is 6.73. The Hall–Kier alpha value is -4.37. The van der Waals surface area contributed by atoms with E-state index in [0.717, 1.165) is 17.7 Å². The molecule has 0 fully saturated rings. The quantitative estimate of drug-likeness (QED) is 0.328. The number of nitrogens with zero attached hydrogens (tertiary/aromatic N) is 3. The van der Waals surface area contributed by atoms with E-state index in [-0.39, 0.29) is 17.2 Å². The van der Waals surface area contributed by atoms with Crippen LogP contribution in [0.15, 0.2) is 82.8 Å². The Morgan fingerprint density at radius 2 is 1.78 bits per heavy atom. The fourth-order valence-electron chi connectivity index (χ4n) is 3.10. The van der Waals surface area contributed by atoms with Crippen molar-refractivity contribution in [2.45, 2.75) is 18.0 Å². The lowest BCUT2D eigenvalue weighted by molar-refractivity contribution is -0.137. The number of aryl methyl sites for hydroxylation is 1. The summed E-state index contributed by atoms with van der Waals surface area (Å²) in [5.74, 6) is -0.418. The van der Waals surface area contributed by atoms with Gasteiger partial charge in [-0.1, -0.05) is 23.8 Å². The lowest BCUT2D eigenvalue weighted by Crippen LogP contribution is -2.39. The highest BCUT2D eigenvalue weighted by Gasteiger charge is 2.33. The number of carbonyl (C=O) groups is 1. The Morgan fingerprint density at radius 1 is 1.11 bits per heavy atom. The Balaban J connectivity index is 1.83. The number of ether oxygens (including phenoxy) is 1. The molecule has 192 valence electrons. The number of hydrazone groups is 1. The van der Waals surface area contributed by atoms with Gasteiger partial charge in [-0.2, -0.15) is 23.5 Å². The normalized spacial score (nSPS) is 11.6. The molecular weight excluding hydrogens is 509 g/mol. The van der Waals surface area contributed by atoms with E-state index in [1.807, 2.05) is 6.07 Å². The second kappa shape index (κ2) is 11.6. The van der Waals surface area contributed by atoms with Gasteiger partial charge in [-0.15, -0.1) is 0 Å². The Morgan fingerprint density at radius 3 is 2.41 bits per heavy atom. The summed E-state index contributed by atoms with van der Waals surface area (Å²) in [7, 11) is -4.40. The molecule has 0 saturated carbocycles. The van der Waals surface area contributed by atoms with Crippen molar-refractivity contribution < 1.29 is 31.1 Å². The predicted molar refractivity (Wildman–Crippen MR) is 130 cm³/mol. The van der Waals surface area contributed by atoms with E-state index in [1.54, 1.807) is 31.2 Å². The van der Waals surface area contributed by atoms with Gasteiger partial charge in [0.1, 0.15) is 18.4 Å². The van der Waals surface area contributed by atoms with Crippen LogP contribution in [0.2, 0.25) is 0 Å². The second-order valence-corrected chi connectivity index (χ2v) is 9.54. The molecule has 0 aliphatic heterocycles. The number of nitrogens with one attached hydrogen (secondary N) is 1. The van der Waals surface area contributed by atoms with E-state index in [4.69, 9.17) is 10.00 Å². The highest BCUT2D eigenvalue weighted by Crippen LogP contribution is 2.33. The van der Waals surface area contributed by atoms with Gasteiger partial charge in [-0.3, -0.25) is 9.10 Å². The van der Waals surface area contributed by atoms with E-state index in [9.17, 15) is 26.4 Å². The average molecular weight is 531 g/mol. The topological polar surface area (TPSA) is 112 Å². The first-order valence-electron chi connectivity index (χ1n) is 10.7. The molecule has 8 nitrogen and oxygen atoms in total. The molecule has 3 aromatic rings. The number of rotatable bonds is 9. The van der Waals surface area contributed by atoms with Crippen LogP contribution in [0.3, 0.4) is 0 Å². The van der Waals surface area contributed by atoms with Crippen LogP contribution in [0.1, 0.15) is 16.7 Å². The highest BCUT2D eigenvalue weighted by molar-refractivity contribution is 7.92. The van der Waals surface area contributed by atoms with Gasteiger partial charge in [0.25, 0.3) is 15.9 Å². The largest absolute Gasteiger partial charge is 0.479 e. The van der Waals surface area contributed by atoms with Crippen LogP contribution in [-0.4, -0.2) is 33.7 Å². The second-order valence-electron chi connectivity index (χ2n) is 7.68. The van der Waals surface area contributed by atoms with Gasteiger partial charge in [0.2, 0.25) is 0 Å². The maximum atomic E-state index is 13.3. The van der Waals surface area contributed by atoms with Gasteiger partial charge in [-0.05, 0) is 67.1 Å². The van der Waals surface area contributed by atoms with Gasteiger partial charge >= 0.3 is 6.18 Å². The van der Waals surface area contributed by atoms with Crippen molar-refractivity contribution in [3.8, 4) is 11.8 Å². The van der Waals surface area contributed by atoms with E-state index in [0.29, 0.717) is 21.7 Å². The number of nitriles is 1. The van der Waals surface area contributed by atoms with Crippen molar-refractivity contribution in [3.05, 3.63) is 89.5 Å². The summed E-state index contributed by atoms with van der Waals surface area (Å²) >= 11 is 0. The fraction of sp³-hybridized carbons (Fsp3) is 0.160. The van der Waals surface area contributed by atoms with Crippen molar-refractivity contribution in [2.24, 2.45) is 5.10 Å². The molecule has 0 atom stereocenters. The van der Waals surface area contributed by atoms with Crippen molar-refractivity contribution in [2.75, 3.05) is 17.5 Å². The molecule has 1 N–H and O–H groups in total. The van der Waals surface area contributed by atoms with Gasteiger partial charge in [0.05, 0.1) is 22.4 Å². The SMILES string of the molecule is Cc1ccc(S(=O)(=O)N(CC(=O)N/N=C\c2ccc(OCC#N)cc2)c2cccc(C(F)(F)F)c2)cc1. The number of sulfonamides is 1. The van der Waals surface area contributed by atoms with Crippen LogP contribution in [0.25, 0.3) is 0 Å². The molecule has 37 heavy (non-hydrogen) atoms. The van der Waals surface area contributed by atoms with Gasteiger partial charge in [0.15, 0.2) is 6.61 Å². The first-order valence-corrected chi connectivity index (χ1v) is 12.1. The molecule has 0 spiro atoms. The van der Waals surface area contributed by atoms with Crippen molar-refractivity contribution >= 4 is 27.8 Å². The zero-order chi connectivity index (χ0) is 27.1. The molecule has 12 heteroatoms. The smallest absolute Gasteiger partial charge is 0.416 e. The molecule has 0 aromatic heterocycles. The number of hydrogen-bond donors (Lipinski definition) is 1. The van der Waals surface area contributed by atoms with Crippen LogP contribution < -0.4 is 14.5 Å². The minimum atomic E-state index is -4.71. The molecule has 3 rings (SSSR count). The first-order chi connectivity index (χ1) is 17.5. The number of alkyl halides is 3. The maximum Gasteiger partial charge on any atom is 0.416 e. The first kappa shape index (κ1) is 27.2. The molecule has 0 radical (unpaired) electrons. The lowest BCUT2D eigenvalue weighted by Gasteiger charge is -2.24. The Kier molecular flexibility index (Phi) is 8.52. The standard InChI is InChI=1S/C25H21F3N4O4S/c1-18-5-11-23(12-6-18)37(34,35)32(21-4-2-3-20(15-21)25(26,27)28)17-24(33)31-30-16-19-7-9-22(10-8-19)36-14-13-29/h2-12,15-16H,14,17H2,1H3,(H,31,33)/b30-16-. The average Bonchev–Trinajstić information content (AvgIpc) is 2.86. The number of amides is 1. The summed E-state index contributed by atoms with van der Waals surface area (Å²) in [5.41, 5.74) is 2.13. The minimum absolute atomic E-state index is 0.114. The van der Waals surface area contributed by atoms with Gasteiger partial charge < -0.3 is 4.74 Å². The molecule has 0 heterocycles. The van der Waals surface area contributed by atoms with Crippen LogP contribution in [0, 0.1) is 18.3 Å². The lowest BCUT2D eigenvalue weighted by atomic mass is 10.2. The van der Waals surface area contributed by atoms with Crippen LogP contribution in [-0.2, 0) is 21.0 Å².